The van der Waals surface area contributed by atoms with E-state index in [1.54, 1.807) is 18.4 Å². The number of thiophene rings is 1. The van der Waals surface area contributed by atoms with Gasteiger partial charge in [-0.3, -0.25) is 4.90 Å². The maximum absolute atomic E-state index is 10.9. The molecule has 0 saturated heterocycles. The highest BCUT2D eigenvalue weighted by Crippen LogP contribution is 2.34. The van der Waals surface area contributed by atoms with Crippen LogP contribution in [0.1, 0.15) is 22.1 Å². The summed E-state index contributed by atoms with van der Waals surface area (Å²) in [6.07, 6.45) is -0.635. The molecule has 0 bridgehead atoms. The fraction of sp³-hybridized carbons (Fsp3) is 0.273. The molecule has 0 amide bonds. The molecular weight excluding hydrogens is 374 g/mol. The van der Waals surface area contributed by atoms with E-state index in [9.17, 15) is 5.11 Å². The molecule has 3 aromatic rings. The quantitative estimate of drug-likeness (QED) is 0.617. The molecule has 2 aromatic carbocycles. The van der Waals surface area contributed by atoms with E-state index in [-0.39, 0.29) is 6.79 Å². The summed E-state index contributed by atoms with van der Waals surface area (Å²) < 4.78 is 16.3. The summed E-state index contributed by atoms with van der Waals surface area (Å²) in [4.78, 5) is 3.49. The van der Waals surface area contributed by atoms with Crippen LogP contribution in [-0.2, 0) is 13.1 Å². The SMILES string of the molecule is COc1ccccc1CN(Cc1cccs1)C[C@@H](O)c1ccc2c(c1)OCO2. The van der Waals surface area contributed by atoms with E-state index in [1.165, 1.54) is 4.88 Å². The second-order valence-electron chi connectivity index (χ2n) is 6.69. The molecule has 0 saturated carbocycles. The second kappa shape index (κ2) is 8.65. The number of para-hydroxylation sites is 1. The zero-order valence-corrected chi connectivity index (χ0v) is 16.5. The highest BCUT2D eigenvalue weighted by Gasteiger charge is 2.20. The number of nitrogens with zero attached hydrogens (tertiary/aromatic N) is 1. The largest absolute Gasteiger partial charge is 0.496 e. The van der Waals surface area contributed by atoms with Crippen molar-refractivity contribution in [3.63, 3.8) is 0 Å². The van der Waals surface area contributed by atoms with Gasteiger partial charge < -0.3 is 19.3 Å². The van der Waals surface area contributed by atoms with Gasteiger partial charge in [0, 0.05) is 30.1 Å². The van der Waals surface area contributed by atoms with Crippen molar-refractivity contribution in [2.24, 2.45) is 0 Å². The minimum atomic E-state index is -0.635. The van der Waals surface area contributed by atoms with Crippen LogP contribution in [0.5, 0.6) is 17.2 Å². The number of hydrogen-bond acceptors (Lipinski definition) is 6. The van der Waals surface area contributed by atoms with Crippen LogP contribution >= 0.6 is 11.3 Å². The third-order valence-electron chi connectivity index (χ3n) is 4.76. The minimum Gasteiger partial charge on any atom is -0.496 e. The monoisotopic (exact) mass is 397 g/mol. The molecule has 4 rings (SSSR count). The Hall–Kier alpha value is -2.54. The fourth-order valence-electron chi connectivity index (χ4n) is 3.35. The van der Waals surface area contributed by atoms with Crippen molar-refractivity contribution in [1.29, 1.82) is 0 Å². The van der Waals surface area contributed by atoms with Gasteiger partial charge in [0.1, 0.15) is 5.75 Å². The normalized spacial score (nSPS) is 13.7. The van der Waals surface area contributed by atoms with Crippen LogP contribution in [0.15, 0.2) is 60.0 Å². The van der Waals surface area contributed by atoms with Crippen molar-refractivity contribution in [2.45, 2.75) is 19.2 Å². The lowest BCUT2D eigenvalue weighted by Crippen LogP contribution is -2.28. The minimum absolute atomic E-state index is 0.229. The third-order valence-corrected chi connectivity index (χ3v) is 5.62. The van der Waals surface area contributed by atoms with Crippen LogP contribution in [0.4, 0.5) is 0 Å². The Bertz CT molecular complexity index is 913. The Labute approximate surface area is 168 Å². The molecule has 6 heteroatoms. The van der Waals surface area contributed by atoms with Crippen LogP contribution < -0.4 is 14.2 Å². The molecule has 0 fully saturated rings. The molecule has 0 unspecified atom stereocenters. The van der Waals surface area contributed by atoms with Crippen molar-refractivity contribution in [2.75, 3.05) is 20.4 Å². The number of rotatable bonds is 8. The zero-order chi connectivity index (χ0) is 19.3. The van der Waals surface area contributed by atoms with Gasteiger partial charge in [-0.05, 0) is 35.2 Å². The standard InChI is InChI=1S/C22H23NO4S/c1-25-20-7-3-2-5-17(20)12-23(13-18-6-4-10-28-18)14-19(24)16-8-9-21-22(11-16)27-15-26-21/h2-11,19,24H,12-15H2,1H3/t19-/m1/s1. The first kappa shape index (κ1) is 18.8. The van der Waals surface area contributed by atoms with Gasteiger partial charge in [-0.2, -0.15) is 0 Å². The highest BCUT2D eigenvalue weighted by atomic mass is 32.1. The van der Waals surface area contributed by atoms with Gasteiger partial charge in [-0.15, -0.1) is 11.3 Å². The molecule has 1 aromatic heterocycles. The smallest absolute Gasteiger partial charge is 0.231 e. The van der Waals surface area contributed by atoms with Gasteiger partial charge in [0.05, 0.1) is 13.2 Å². The number of methoxy groups -OCH3 is 1. The Balaban J connectivity index is 1.53. The van der Waals surface area contributed by atoms with E-state index >= 15 is 0 Å². The first-order chi connectivity index (χ1) is 13.7. The Morgan fingerprint density at radius 3 is 2.75 bits per heavy atom. The number of benzene rings is 2. The summed E-state index contributed by atoms with van der Waals surface area (Å²) in [6.45, 7) is 2.17. The number of aliphatic hydroxyl groups excluding tert-OH is 1. The molecule has 146 valence electrons. The molecule has 2 heterocycles. The van der Waals surface area contributed by atoms with Crippen LogP contribution in [0.3, 0.4) is 0 Å². The zero-order valence-electron chi connectivity index (χ0n) is 15.7. The van der Waals surface area contributed by atoms with E-state index in [0.717, 1.165) is 29.2 Å². The van der Waals surface area contributed by atoms with E-state index in [0.29, 0.717) is 18.8 Å². The average Bonchev–Trinajstić information content (AvgIpc) is 3.39. The van der Waals surface area contributed by atoms with Gasteiger partial charge >= 0.3 is 0 Å². The Kier molecular flexibility index (Phi) is 5.81. The number of hydrogen-bond donors (Lipinski definition) is 1. The van der Waals surface area contributed by atoms with Crippen molar-refractivity contribution < 1.29 is 19.3 Å². The summed E-state index contributed by atoms with van der Waals surface area (Å²) in [5.74, 6) is 2.27. The summed E-state index contributed by atoms with van der Waals surface area (Å²) in [7, 11) is 1.68. The highest BCUT2D eigenvalue weighted by molar-refractivity contribution is 7.09. The number of aliphatic hydroxyl groups is 1. The lowest BCUT2D eigenvalue weighted by Gasteiger charge is -2.25. The van der Waals surface area contributed by atoms with Crippen LogP contribution in [0, 0.1) is 0 Å². The Morgan fingerprint density at radius 2 is 1.93 bits per heavy atom. The van der Waals surface area contributed by atoms with E-state index in [1.807, 2.05) is 36.4 Å². The molecule has 0 aliphatic carbocycles. The summed E-state index contributed by atoms with van der Waals surface area (Å²) in [5, 5.41) is 13.0. The molecule has 1 atom stereocenters. The topological polar surface area (TPSA) is 51.2 Å². The van der Waals surface area contributed by atoms with Gasteiger partial charge in [0.15, 0.2) is 11.5 Å². The molecular formula is C22H23NO4S. The lowest BCUT2D eigenvalue weighted by molar-refractivity contribution is 0.105. The summed E-state index contributed by atoms with van der Waals surface area (Å²) >= 11 is 1.72. The number of ether oxygens (including phenoxy) is 3. The van der Waals surface area contributed by atoms with Crippen molar-refractivity contribution in [1.82, 2.24) is 4.90 Å². The summed E-state index contributed by atoms with van der Waals surface area (Å²) in [6, 6.07) is 17.8. The van der Waals surface area contributed by atoms with Crippen LogP contribution in [0.2, 0.25) is 0 Å². The predicted molar refractivity (Wildman–Crippen MR) is 109 cm³/mol. The maximum Gasteiger partial charge on any atom is 0.231 e. The second-order valence-corrected chi connectivity index (χ2v) is 7.72. The van der Waals surface area contributed by atoms with E-state index < -0.39 is 6.10 Å². The third kappa shape index (κ3) is 4.30. The predicted octanol–water partition coefficient (Wildman–Crippen LogP) is 4.22. The Morgan fingerprint density at radius 1 is 1.07 bits per heavy atom. The fourth-order valence-corrected chi connectivity index (χ4v) is 4.10. The molecule has 5 nitrogen and oxygen atoms in total. The first-order valence-electron chi connectivity index (χ1n) is 9.17. The van der Waals surface area contributed by atoms with E-state index in [4.69, 9.17) is 14.2 Å². The maximum atomic E-state index is 10.9. The first-order valence-corrected chi connectivity index (χ1v) is 10.0. The van der Waals surface area contributed by atoms with Gasteiger partial charge in [-0.25, -0.2) is 0 Å². The van der Waals surface area contributed by atoms with Crippen LogP contribution in [-0.4, -0.2) is 30.5 Å². The molecule has 28 heavy (non-hydrogen) atoms. The van der Waals surface area contributed by atoms with Crippen molar-refractivity contribution >= 4 is 11.3 Å². The van der Waals surface area contributed by atoms with Gasteiger partial charge in [0.2, 0.25) is 6.79 Å². The number of fused-ring (bicyclic) bond motifs is 1. The van der Waals surface area contributed by atoms with Crippen LogP contribution in [0.25, 0.3) is 0 Å². The molecule has 1 aliphatic rings. The average molecular weight is 397 g/mol. The van der Waals surface area contributed by atoms with Crippen molar-refractivity contribution in [3.05, 3.63) is 76.0 Å². The molecule has 0 radical (unpaired) electrons. The van der Waals surface area contributed by atoms with Gasteiger partial charge in [0.25, 0.3) is 0 Å². The molecule has 1 aliphatic heterocycles. The summed E-state index contributed by atoms with van der Waals surface area (Å²) in [5.41, 5.74) is 1.92. The molecule has 0 spiro atoms. The van der Waals surface area contributed by atoms with Gasteiger partial charge in [-0.1, -0.05) is 30.3 Å². The van der Waals surface area contributed by atoms with Crippen molar-refractivity contribution in [3.8, 4) is 17.2 Å². The molecule has 1 N–H and O–H groups in total. The van der Waals surface area contributed by atoms with E-state index in [2.05, 4.69) is 28.5 Å². The lowest BCUT2D eigenvalue weighted by atomic mass is 10.1.